The number of hydrogen-bond donors (Lipinski definition) is 0. The van der Waals surface area contributed by atoms with E-state index >= 15 is 0 Å². The standard InChI is InChI=1S/C48H29BN2O/c1-3-12-30(13-4-1)32-22-25-34(26-23-32)50-41-27-24-33(31-14-5-2-6-15-31)28-39(41)49-47-42(50)29-44-45(37-17-8-10-21-43(37)52-44)46(47)38-19-11-18-36-35-16-7-9-20-40(35)51(49)48(36)38/h1-29H. The van der Waals surface area contributed by atoms with Crippen LogP contribution in [0.2, 0.25) is 0 Å². The Labute approximate surface area is 300 Å². The van der Waals surface area contributed by atoms with Crippen molar-refractivity contribution >= 4 is 78.6 Å². The van der Waals surface area contributed by atoms with Gasteiger partial charge in [0.2, 0.25) is 0 Å². The predicted molar refractivity (Wildman–Crippen MR) is 218 cm³/mol. The summed E-state index contributed by atoms with van der Waals surface area (Å²) < 4.78 is 9.38. The molecule has 0 saturated heterocycles. The lowest BCUT2D eigenvalue weighted by Crippen LogP contribution is -2.56. The molecular weight excluding hydrogens is 631 g/mol. The predicted octanol–water partition coefficient (Wildman–Crippen LogP) is 11.4. The molecule has 0 saturated carbocycles. The van der Waals surface area contributed by atoms with Gasteiger partial charge in [-0.1, -0.05) is 140 Å². The van der Waals surface area contributed by atoms with Crippen LogP contribution in [0, 0.1) is 0 Å². The van der Waals surface area contributed by atoms with E-state index in [0.29, 0.717) is 0 Å². The van der Waals surface area contributed by atoms with Gasteiger partial charge < -0.3 is 13.8 Å². The Morgan fingerprint density at radius 3 is 1.92 bits per heavy atom. The first-order valence-corrected chi connectivity index (χ1v) is 18.0. The molecule has 0 unspecified atom stereocenters. The maximum Gasteiger partial charge on any atom is 0.333 e. The van der Waals surface area contributed by atoms with Crippen LogP contribution in [-0.2, 0) is 0 Å². The second kappa shape index (κ2) is 10.4. The van der Waals surface area contributed by atoms with Gasteiger partial charge in [0.25, 0.3) is 0 Å². The fourth-order valence-electron chi connectivity index (χ4n) is 9.20. The van der Waals surface area contributed by atoms with Crippen molar-refractivity contribution in [2.45, 2.75) is 0 Å². The highest BCUT2D eigenvalue weighted by Crippen LogP contribution is 2.49. The second-order valence-corrected chi connectivity index (χ2v) is 14.0. The van der Waals surface area contributed by atoms with Crippen molar-refractivity contribution in [2.75, 3.05) is 4.90 Å². The minimum Gasteiger partial charge on any atom is -0.456 e. The first kappa shape index (κ1) is 28.0. The summed E-state index contributed by atoms with van der Waals surface area (Å²) in [5.74, 6) is 0. The van der Waals surface area contributed by atoms with Gasteiger partial charge >= 0.3 is 6.85 Å². The largest absolute Gasteiger partial charge is 0.456 e. The van der Waals surface area contributed by atoms with Crippen molar-refractivity contribution in [1.82, 2.24) is 4.48 Å². The monoisotopic (exact) mass is 660 g/mol. The number of para-hydroxylation sites is 3. The number of hydrogen-bond acceptors (Lipinski definition) is 2. The highest BCUT2D eigenvalue weighted by molar-refractivity contribution is 6.90. The lowest BCUT2D eigenvalue weighted by atomic mass is 9.44. The molecule has 0 N–H and O–H groups in total. The molecule has 8 aromatic carbocycles. The number of furan rings is 1. The highest BCUT2D eigenvalue weighted by atomic mass is 16.3. The zero-order chi connectivity index (χ0) is 33.9. The van der Waals surface area contributed by atoms with Gasteiger partial charge in [-0.3, -0.25) is 0 Å². The summed E-state index contributed by atoms with van der Waals surface area (Å²) in [6, 6.07) is 64.1. The van der Waals surface area contributed by atoms with Crippen LogP contribution in [0.25, 0.3) is 77.1 Å². The van der Waals surface area contributed by atoms with E-state index in [4.69, 9.17) is 4.42 Å². The molecule has 10 aromatic rings. The third kappa shape index (κ3) is 3.71. The van der Waals surface area contributed by atoms with E-state index in [-0.39, 0.29) is 6.85 Å². The van der Waals surface area contributed by atoms with E-state index in [1.54, 1.807) is 0 Å². The number of anilines is 3. The maximum absolute atomic E-state index is 6.76. The summed E-state index contributed by atoms with van der Waals surface area (Å²) in [5.41, 5.74) is 17.7. The molecule has 0 bridgehead atoms. The van der Waals surface area contributed by atoms with Crippen molar-refractivity contribution in [2.24, 2.45) is 0 Å². The van der Waals surface area contributed by atoms with Crippen molar-refractivity contribution < 1.29 is 4.42 Å². The van der Waals surface area contributed by atoms with Gasteiger partial charge in [-0.05, 0) is 69.1 Å². The molecule has 0 atom stereocenters. The fourth-order valence-corrected chi connectivity index (χ4v) is 9.20. The SMILES string of the molecule is c1ccc(-c2ccc(N3c4ccc(-c5ccccc5)cc4B4c5c3cc3oc6ccccc6c3c5-c3cccc5c6ccccc6n4c35)cc2)cc1. The van der Waals surface area contributed by atoms with Crippen molar-refractivity contribution in [3.63, 3.8) is 0 Å². The summed E-state index contributed by atoms with van der Waals surface area (Å²) in [5, 5.41) is 4.90. The lowest BCUT2D eigenvalue weighted by molar-refractivity contribution is 0.669. The maximum atomic E-state index is 6.76. The Bertz CT molecular complexity index is 3070. The minimum atomic E-state index is -0.0566. The Morgan fingerprint density at radius 2 is 1.12 bits per heavy atom. The van der Waals surface area contributed by atoms with E-state index in [1.165, 1.54) is 77.2 Å². The average Bonchev–Trinajstić information content (AvgIpc) is 3.76. The van der Waals surface area contributed by atoms with E-state index in [9.17, 15) is 0 Å². The summed E-state index contributed by atoms with van der Waals surface area (Å²) in [6.45, 7) is -0.0566. The number of fused-ring (bicyclic) bond motifs is 11. The Morgan fingerprint density at radius 1 is 0.462 bits per heavy atom. The normalized spacial score (nSPS) is 12.9. The van der Waals surface area contributed by atoms with Gasteiger partial charge in [-0.25, -0.2) is 0 Å². The molecule has 0 amide bonds. The van der Waals surface area contributed by atoms with Crippen LogP contribution in [0.4, 0.5) is 17.1 Å². The Hall–Kier alpha value is -6.78. The van der Waals surface area contributed by atoms with Crippen molar-refractivity contribution in [3.05, 3.63) is 176 Å². The fraction of sp³-hybridized carbons (Fsp3) is 0. The summed E-state index contributed by atoms with van der Waals surface area (Å²) >= 11 is 0. The molecule has 12 rings (SSSR count). The quantitative estimate of drug-likeness (QED) is 0.176. The van der Waals surface area contributed by atoms with Gasteiger partial charge in [0.15, 0.2) is 0 Å². The van der Waals surface area contributed by atoms with Crippen LogP contribution in [0.5, 0.6) is 0 Å². The molecule has 4 heterocycles. The molecule has 0 radical (unpaired) electrons. The number of benzene rings is 8. The van der Waals surface area contributed by atoms with Crippen LogP contribution in [0.1, 0.15) is 0 Å². The van der Waals surface area contributed by atoms with Crippen LogP contribution in [0.3, 0.4) is 0 Å². The van der Waals surface area contributed by atoms with E-state index in [0.717, 1.165) is 27.9 Å². The topological polar surface area (TPSA) is 21.3 Å². The van der Waals surface area contributed by atoms with Crippen LogP contribution in [-0.4, -0.2) is 11.3 Å². The van der Waals surface area contributed by atoms with E-state index in [1.807, 2.05) is 0 Å². The molecule has 0 aliphatic carbocycles. The third-order valence-electron chi connectivity index (χ3n) is 11.4. The van der Waals surface area contributed by atoms with Gasteiger partial charge in [0.05, 0.1) is 0 Å². The van der Waals surface area contributed by atoms with E-state index < -0.39 is 0 Å². The average molecular weight is 661 g/mol. The molecule has 3 nitrogen and oxygen atoms in total. The molecule has 0 fully saturated rings. The number of aromatic nitrogens is 1. The zero-order valence-electron chi connectivity index (χ0n) is 28.1. The summed E-state index contributed by atoms with van der Waals surface area (Å²) in [4.78, 5) is 2.47. The van der Waals surface area contributed by atoms with Crippen molar-refractivity contribution in [3.8, 4) is 33.4 Å². The van der Waals surface area contributed by atoms with Gasteiger partial charge in [-0.15, -0.1) is 0 Å². The molecule has 2 aliphatic rings. The first-order valence-electron chi connectivity index (χ1n) is 18.0. The molecule has 240 valence electrons. The molecule has 2 aliphatic heterocycles. The molecule has 0 spiro atoms. The molecular formula is C48H29BN2O. The van der Waals surface area contributed by atoms with Crippen LogP contribution >= 0.6 is 0 Å². The van der Waals surface area contributed by atoms with Gasteiger partial charge in [-0.2, -0.15) is 0 Å². The van der Waals surface area contributed by atoms with Crippen molar-refractivity contribution in [1.29, 1.82) is 0 Å². The number of nitrogens with zero attached hydrogens (tertiary/aromatic N) is 2. The lowest BCUT2D eigenvalue weighted by Gasteiger charge is -2.40. The summed E-state index contributed by atoms with van der Waals surface area (Å²) in [6.07, 6.45) is 0. The Balaban J connectivity index is 1.24. The molecule has 4 heteroatoms. The van der Waals surface area contributed by atoms with Gasteiger partial charge in [0.1, 0.15) is 11.2 Å². The molecule has 52 heavy (non-hydrogen) atoms. The van der Waals surface area contributed by atoms with Crippen LogP contribution < -0.4 is 15.8 Å². The zero-order valence-corrected chi connectivity index (χ0v) is 28.1. The second-order valence-electron chi connectivity index (χ2n) is 14.0. The van der Waals surface area contributed by atoms with E-state index in [2.05, 4.69) is 185 Å². The highest BCUT2D eigenvalue weighted by Gasteiger charge is 2.44. The Kier molecular flexibility index (Phi) is 5.58. The smallest absolute Gasteiger partial charge is 0.333 e. The van der Waals surface area contributed by atoms with Crippen LogP contribution in [0.15, 0.2) is 180 Å². The first-order chi connectivity index (χ1) is 25.8. The number of rotatable bonds is 3. The van der Waals surface area contributed by atoms with Gasteiger partial charge in [0, 0.05) is 61.3 Å². The minimum absolute atomic E-state index is 0.0566. The summed E-state index contributed by atoms with van der Waals surface area (Å²) in [7, 11) is 0. The third-order valence-corrected chi connectivity index (χ3v) is 11.4. The molecule has 2 aromatic heterocycles.